The summed E-state index contributed by atoms with van der Waals surface area (Å²) in [5.74, 6) is 0. The molecule has 1 aromatic carbocycles. The molecule has 1 aromatic rings. The number of nitrogens with two attached hydrogens (primary N) is 1. The molecular formula is C13H19N. The third-order valence-electron chi connectivity index (χ3n) is 2.35. The maximum atomic E-state index is 6.05. The molecule has 1 nitrogen and oxygen atoms in total. The summed E-state index contributed by atoms with van der Waals surface area (Å²) >= 11 is 0. The molecule has 1 rings (SSSR count). The van der Waals surface area contributed by atoms with Crippen LogP contribution in [0.1, 0.15) is 37.8 Å². The molecule has 76 valence electrons. The SMILES string of the molecule is C=C(C)CCCC(N)c1ccccc1. The summed E-state index contributed by atoms with van der Waals surface area (Å²) in [6.45, 7) is 5.95. The van der Waals surface area contributed by atoms with Crippen LogP contribution in [-0.2, 0) is 0 Å². The first-order valence-corrected chi connectivity index (χ1v) is 5.15. The summed E-state index contributed by atoms with van der Waals surface area (Å²) < 4.78 is 0. The van der Waals surface area contributed by atoms with Gasteiger partial charge in [0.05, 0.1) is 0 Å². The summed E-state index contributed by atoms with van der Waals surface area (Å²) in [5, 5.41) is 0. The van der Waals surface area contributed by atoms with E-state index < -0.39 is 0 Å². The number of allylic oxidation sites excluding steroid dienone is 1. The fourth-order valence-corrected chi connectivity index (χ4v) is 1.49. The van der Waals surface area contributed by atoms with Crippen LogP contribution in [0.3, 0.4) is 0 Å². The summed E-state index contributed by atoms with van der Waals surface area (Å²) in [6.07, 6.45) is 3.25. The Morgan fingerprint density at radius 1 is 1.36 bits per heavy atom. The van der Waals surface area contributed by atoms with Crippen molar-refractivity contribution in [2.75, 3.05) is 0 Å². The van der Waals surface area contributed by atoms with Gasteiger partial charge >= 0.3 is 0 Å². The predicted octanol–water partition coefficient (Wildman–Crippen LogP) is 3.43. The minimum absolute atomic E-state index is 0.176. The zero-order chi connectivity index (χ0) is 10.4. The van der Waals surface area contributed by atoms with Crippen LogP contribution in [-0.4, -0.2) is 0 Å². The third kappa shape index (κ3) is 3.75. The van der Waals surface area contributed by atoms with Crippen LogP contribution in [0.2, 0.25) is 0 Å². The van der Waals surface area contributed by atoms with Crippen LogP contribution in [0, 0.1) is 0 Å². The molecule has 0 saturated carbocycles. The molecule has 0 aliphatic heterocycles. The molecule has 14 heavy (non-hydrogen) atoms. The van der Waals surface area contributed by atoms with Crippen molar-refractivity contribution >= 4 is 0 Å². The second-order valence-electron chi connectivity index (χ2n) is 3.87. The number of rotatable bonds is 5. The molecule has 2 N–H and O–H groups in total. The maximum Gasteiger partial charge on any atom is 0.0294 e. The fraction of sp³-hybridized carbons (Fsp3) is 0.385. The minimum Gasteiger partial charge on any atom is -0.324 e. The highest BCUT2D eigenvalue weighted by Crippen LogP contribution is 2.17. The normalized spacial score (nSPS) is 12.4. The average Bonchev–Trinajstić information content (AvgIpc) is 2.18. The van der Waals surface area contributed by atoms with Gasteiger partial charge in [0.2, 0.25) is 0 Å². The predicted molar refractivity (Wildman–Crippen MR) is 62.0 cm³/mol. The van der Waals surface area contributed by atoms with Crippen molar-refractivity contribution < 1.29 is 0 Å². The Balaban J connectivity index is 2.36. The van der Waals surface area contributed by atoms with Crippen LogP contribution in [0.25, 0.3) is 0 Å². The molecule has 0 radical (unpaired) electrons. The largest absolute Gasteiger partial charge is 0.324 e. The Morgan fingerprint density at radius 2 is 2.00 bits per heavy atom. The van der Waals surface area contributed by atoms with Gasteiger partial charge in [-0.05, 0) is 31.7 Å². The van der Waals surface area contributed by atoms with Crippen LogP contribution >= 0.6 is 0 Å². The molecule has 0 fully saturated rings. The van der Waals surface area contributed by atoms with Crippen molar-refractivity contribution in [2.24, 2.45) is 5.73 Å². The topological polar surface area (TPSA) is 26.0 Å². The summed E-state index contributed by atoms with van der Waals surface area (Å²) in [4.78, 5) is 0. The second-order valence-corrected chi connectivity index (χ2v) is 3.87. The molecular weight excluding hydrogens is 170 g/mol. The number of hydrogen-bond acceptors (Lipinski definition) is 1. The van der Waals surface area contributed by atoms with E-state index in [4.69, 9.17) is 5.73 Å². The van der Waals surface area contributed by atoms with Crippen molar-refractivity contribution in [1.29, 1.82) is 0 Å². The molecule has 0 spiro atoms. The molecule has 0 aromatic heterocycles. The summed E-state index contributed by atoms with van der Waals surface area (Å²) in [6, 6.07) is 10.4. The lowest BCUT2D eigenvalue weighted by Gasteiger charge is -2.11. The second kappa shape index (κ2) is 5.61. The monoisotopic (exact) mass is 189 g/mol. The van der Waals surface area contributed by atoms with Gasteiger partial charge in [-0.15, -0.1) is 6.58 Å². The molecule has 0 bridgehead atoms. The molecule has 0 amide bonds. The molecule has 0 aliphatic rings. The van der Waals surface area contributed by atoms with Crippen molar-refractivity contribution in [3.8, 4) is 0 Å². The maximum absolute atomic E-state index is 6.05. The van der Waals surface area contributed by atoms with Gasteiger partial charge in [0.15, 0.2) is 0 Å². The van der Waals surface area contributed by atoms with E-state index in [1.54, 1.807) is 0 Å². The summed E-state index contributed by atoms with van der Waals surface area (Å²) in [5.41, 5.74) is 8.52. The fourth-order valence-electron chi connectivity index (χ4n) is 1.49. The van der Waals surface area contributed by atoms with Crippen molar-refractivity contribution in [3.05, 3.63) is 48.0 Å². The van der Waals surface area contributed by atoms with E-state index in [1.807, 2.05) is 18.2 Å². The van der Waals surface area contributed by atoms with Gasteiger partial charge in [0.1, 0.15) is 0 Å². The van der Waals surface area contributed by atoms with Crippen molar-refractivity contribution in [3.63, 3.8) is 0 Å². The van der Waals surface area contributed by atoms with E-state index in [-0.39, 0.29) is 6.04 Å². The Labute approximate surface area is 86.6 Å². The lowest BCUT2D eigenvalue weighted by molar-refractivity contribution is 0.610. The van der Waals surface area contributed by atoms with E-state index in [1.165, 1.54) is 11.1 Å². The Morgan fingerprint density at radius 3 is 2.57 bits per heavy atom. The lowest BCUT2D eigenvalue weighted by Crippen LogP contribution is -2.09. The molecule has 1 atom stereocenters. The highest BCUT2D eigenvalue weighted by Gasteiger charge is 2.03. The van der Waals surface area contributed by atoms with Crippen molar-refractivity contribution in [2.45, 2.75) is 32.2 Å². The Bertz CT molecular complexity index is 277. The first kappa shape index (κ1) is 11.0. The number of hydrogen-bond donors (Lipinski definition) is 1. The van der Waals surface area contributed by atoms with E-state index in [9.17, 15) is 0 Å². The van der Waals surface area contributed by atoms with E-state index >= 15 is 0 Å². The highest BCUT2D eigenvalue weighted by molar-refractivity contribution is 5.18. The summed E-state index contributed by atoms with van der Waals surface area (Å²) in [7, 11) is 0. The lowest BCUT2D eigenvalue weighted by atomic mass is 10.0. The first-order chi connectivity index (χ1) is 6.70. The van der Waals surface area contributed by atoms with Crippen molar-refractivity contribution in [1.82, 2.24) is 0 Å². The van der Waals surface area contributed by atoms with Gasteiger partial charge in [0, 0.05) is 6.04 Å². The molecule has 1 unspecified atom stereocenters. The zero-order valence-electron chi connectivity index (χ0n) is 8.87. The standard InChI is InChI=1S/C13H19N/c1-11(2)7-6-10-13(14)12-8-4-3-5-9-12/h3-5,8-9,13H,1,6-7,10,14H2,2H3. The minimum atomic E-state index is 0.176. The molecule has 1 heteroatoms. The molecule has 0 heterocycles. The van der Waals surface area contributed by atoms with Crippen LogP contribution in [0.4, 0.5) is 0 Å². The first-order valence-electron chi connectivity index (χ1n) is 5.15. The van der Waals surface area contributed by atoms with Gasteiger partial charge in [0.25, 0.3) is 0 Å². The quantitative estimate of drug-likeness (QED) is 0.705. The van der Waals surface area contributed by atoms with Gasteiger partial charge in [-0.2, -0.15) is 0 Å². The number of benzene rings is 1. The zero-order valence-corrected chi connectivity index (χ0v) is 8.87. The van der Waals surface area contributed by atoms with Gasteiger partial charge in [-0.25, -0.2) is 0 Å². The highest BCUT2D eigenvalue weighted by atomic mass is 14.6. The van der Waals surface area contributed by atoms with E-state index in [2.05, 4.69) is 25.6 Å². The van der Waals surface area contributed by atoms with E-state index in [0.29, 0.717) is 0 Å². The van der Waals surface area contributed by atoms with Crippen LogP contribution < -0.4 is 5.73 Å². The van der Waals surface area contributed by atoms with Crippen LogP contribution in [0.15, 0.2) is 42.5 Å². The van der Waals surface area contributed by atoms with Crippen LogP contribution in [0.5, 0.6) is 0 Å². The van der Waals surface area contributed by atoms with Gasteiger partial charge in [-0.3, -0.25) is 0 Å². The van der Waals surface area contributed by atoms with Gasteiger partial charge < -0.3 is 5.73 Å². The molecule has 0 saturated heterocycles. The molecule has 0 aliphatic carbocycles. The smallest absolute Gasteiger partial charge is 0.0294 e. The third-order valence-corrected chi connectivity index (χ3v) is 2.35. The Hall–Kier alpha value is -1.08. The van der Waals surface area contributed by atoms with E-state index in [0.717, 1.165) is 19.3 Å². The van der Waals surface area contributed by atoms with Gasteiger partial charge in [-0.1, -0.05) is 35.9 Å². The Kier molecular flexibility index (Phi) is 4.41. The average molecular weight is 189 g/mol.